The molecule has 3 aromatic rings. The Bertz CT molecular complexity index is 911. The Balaban J connectivity index is 1.79. The van der Waals surface area contributed by atoms with Crippen LogP contribution in [0.5, 0.6) is 5.75 Å². The fraction of sp³-hybridized carbons (Fsp3) is 0.294. The number of methoxy groups -OCH3 is 1. The van der Waals surface area contributed by atoms with Gasteiger partial charge >= 0.3 is 0 Å². The van der Waals surface area contributed by atoms with Gasteiger partial charge in [-0.25, -0.2) is 4.98 Å². The average Bonchev–Trinajstić information content (AvgIpc) is 3.08. The molecule has 4 nitrogen and oxygen atoms in total. The highest BCUT2D eigenvalue weighted by atomic mass is 32.1. The Morgan fingerprint density at radius 3 is 3.05 bits per heavy atom. The van der Waals surface area contributed by atoms with Crippen LogP contribution < -0.4 is 10.3 Å². The van der Waals surface area contributed by atoms with Gasteiger partial charge in [0.15, 0.2) is 0 Å². The highest BCUT2D eigenvalue weighted by Crippen LogP contribution is 2.34. The minimum Gasteiger partial charge on any atom is -0.496 e. The minimum atomic E-state index is -0.00528. The number of nitrogens with zero attached hydrogens (tertiary/aromatic N) is 1. The first kappa shape index (κ1) is 13.5. The number of nitrogens with one attached hydrogen (secondary N) is 1. The highest BCUT2D eigenvalue weighted by molar-refractivity contribution is 7.18. The quantitative estimate of drug-likeness (QED) is 0.808. The Hall–Kier alpha value is -2.14. The zero-order chi connectivity index (χ0) is 15.1. The van der Waals surface area contributed by atoms with Crippen LogP contribution in [0, 0.1) is 0 Å². The van der Waals surface area contributed by atoms with Gasteiger partial charge in [0.05, 0.1) is 12.5 Å². The molecule has 5 heteroatoms. The Kier molecular flexibility index (Phi) is 3.22. The van der Waals surface area contributed by atoms with Crippen LogP contribution >= 0.6 is 11.3 Å². The summed E-state index contributed by atoms with van der Waals surface area (Å²) in [5.41, 5.74) is 2.24. The molecule has 0 atom stereocenters. The highest BCUT2D eigenvalue weighted by Gasteiger charge is 2.21. The van der Waals surface area contributed by atoms with Gasteiger partial charge in [-0.15, -0.1) is 11.3 Å². The number of para-hydroxylation sites is 1. The monoisotopic (exact) mass is 312 g/mol. The van der Waals surface area contributed by atoms with E-state index in [-0.39, 0.29) is 5.56 Å². The van der Waals surface area contributed by atoms with E-state index in [1.807, 2.05) is 24.3 Å². The van der Waals surface area contributed by atoms with Gasteiger partial charge in [-0.1, -0.05) is 18.2 Å². The van der Waals surface area contributed by atoms with Crippen molar-refractivity contribution in [2.75, 3.05) is 7.11 Å². The van der Waals surface area contributed by atoms with Crippen molar-refractivity contribution in [3.8, 4) is 5.75 Å². The van der Waals surface area contributed by atoms with E-state index in [1.165, 1.54) is 10.4 Å². The van der Waals surface area contributed by atoms with E-state index in [2.05, 4.69) is 9.97 Å². The lowest BCUT2D eigenvalue weighted by atomic mass is 10.1. The molecule has 0 spiro atoms. The van der Waals surface area contributed by atoms with Crippen LogP contribution in [0.3, 0.4) is 0 Å². The predicted octanol–water partition coefficient (Wildman–Crippen LogP) is 3.07. The Morgan fingerprint density at radius 1 is 1.32 bits per heavy atom. The fourth-order valence-electron chi connectivity index (χ4n) is 3.16. The van der Waals surface area contributed by atoms with E-state index in [0.717, 1.165) is 40.8 Å². The topological polar surface area (TPSA) is 55.0 Å². The molecule has 0 bridgehead atoms. The normalized spacial score (nSPS) is 13.5. The summed E-state index contributed by atoms with van der Waals surface area (Å²) in [5.74, 6) is 1.51. The van der Waals surface area contributed by atoms with Crippen molar-refractivity contribution in [2.45, 2.75) is 25.7 Å². The van der Waals surface area contributed by atoms with Crippen LogP contribution in [0.2, 0.25) is 0 Å². The van der Waals surface area contributed by atoms with Gasteiger partial charge in [0.2, 0.25) is 0 Å². The molecular formula is C17H16N2O2S. The summed E-state index contributed by atoms with van der Waals surface area (Å²) in [5, 5.41) is 0.807. The summed E-state index contributed by atoms with van der Waals surface area (Å²) in [6.07, 6.45) is 3.81. The number of H-pyrrole nitrogens is 1. The van der Waals surface area contributed by atoms with Crippen molar-refractivity contribution in [2.24, 2.45) is 0 Å². The van der Waals surface area contributed by atoms with Crippen LogP contribution in [0.4, 0.5) is 0 Å². The lowest BCUT2D eigenvalue weighted by Gasteiger charge is -2.07. The van der Waals surface area contributed by atoms with E-state index in [1.54, 1.807) is 18.4 Å². The molecular weight excluding hydrogens is 296 g/mol. The van der Waals surface area contributed by atoms with E-state index < -0.39 is 0 Å². The molecule has 2 heterocycles. The van der Waals surface area contributed by atoms with Crippen molar-refractivity contribution in [1.29, 1.82) is 0 Å². The van der Waals surface area contributed by atoms with Gasteiger partial charge in [-0.3, -0.25) is 4.79 Å². The average molecular weight is 312 g/mol. The molecule has 112 valence electrons. The molecule has 0 saturated heterocycles. The van der Waals surface area contributed by atoms with E-state index in [0.29, 0.717) is 12.2 Å². The van der Waals surface area contributed by atoms with Gasteiger partial charge in [0.1, 0.15) is 16.4 Å². The van der Waals surface area contributed by atoms with Crippen LogP contribution in [0.1, 0.15) is 28.2 Å². The fourth-order valence-corrected chi connectivity index (χ4v) is 4.44. The van der Waals surface area contributed by atoms with Crippen molar-refractivity contribution >= 4 is 21.6 Å². The van der Waals surface area contributed by atoms with Crippen LogP contribution in [-0.2, 0) is 19.3 Å². The third kappa shape index (κ3) is 2.13. The first-order valence-electron chi connectivity index (χ1n) is 7.41. The summed E-state index contributed by atoms with van der Waals surface area (Å²) in [6.45, 7) is 0. The standard InChI is InChI=1S/C17H16N2O2S/c1-21-12-7-3-2-5-10(12)9-14-18-16(20)15-11-6-4-8-13(11)22-17(15)19-14/h2-3,5,7H,4,6,8-9H2,1H3,(H,18,19,20). The van der Waals surface area contributed by atoms with Crippen molar-refractivity contribution in [3.05, 3.63) is 56.4 Å². The lowest BCUT2D eigenvalue weighted by Crippen LogP contribution is -2.12. The SMILES string of the molecule is COc1ccccc1Cc1nc2sc3c(c2c(=O)[nH]1)CCC3. The van der Waals surface area contributed by atoms with Gasteiger partial charge in [0, 0.05) is 16.9 Å². The molecule has 1 aromatic carbocycles. The number of benzene rings is 1. The van der Waals surface area contributed by atoms with Gasteiger partial charge < -0.3 is 9.72 Å². The van der Waals surface area contributed by atoms with Crippen molar-refractivity contribution in [1.82, 2.24) is 9.97 Å². The van der Waals surface area contributed by atoms with Gasteiger partial charge in [-0.2, -0.15) is 0 Å². The maximum Gasteiger partial charge on any atom is 0.259 e. The second-order valence-electron chi connectivity index (χ2n) is 5.54. The zero-order valence-corrected chi connectivity index (χ0v) is 13.1. The summed E-state index contributed by atoms with van der Waals surface area (Å²) in [4.78, 5) is 22.3. The van der Waals surface area contributed by atoms with Crippen molar-refractivity contribution in [3.63, 3.8) is 0 Å². The molecule has 1 N–H and O–H groups in total. The van der Waals surface area contributed by atoms with Crippen LogP contribution in [0.25, 0.3) is 10.2 Å². The first-order valence-corrected chi connectivity index (χ1v) is 8.23. The molecule has 0 amide bonds. The van der Waals surface area contributed by atoms with Gasteiger partial charge in [0.25, 0.3) is 5.56 Å². The molecule has 0 radical (unpaired) electrons. The largest absolute Gasteiger partial charge is 0.496 e. The number of aryl methyl sites for hydroxylation is 2. The Morgan fingerprint density at radius 2 is 2.18 bits per heavy atom. The molecule has 22 heavy (non-hydrogen) atoms. The predicted molar refractivity (Wildman–Crippen MR) is 88.1 cm³/mol. The number of aromatic amines is 1. The number of hydrogen-bond acceptors (Lipinski definition) is 4. The molecule has 0 fully saturated rings. The lowest BCUT2D eigenvalue weighted by molar-refractivity contribution is 0.410. The third-order valence-corrected chi connectivity index (χ3v) is 5.36. The van der Waals surface area contributed by atoms with Crippen LogP contribution in [-0.4, -0.2) is 17.1 Å². The summed E-state index contributed by atoms with van der Waals surface area (Å²) >= 11 is 1.67. The second-order valence-corrected chi connectivity index (χ2v) is 6.62. The minimum absolute atomic E-state index is 0.00528. The van der Waals surface area contributed by atoms with E-state index in [9.17, 15) is 4.79 Å². The second kappa shape index (κ2) is 5.25. The van der Waals surface area contributed by atoms with Crippen LogP contribution in [0.15, 0.2) is 29.1 Å². The smallest absolute Gasteiger partial charge is 0.259 e. The first-order chi connectivity index (χ1) is 10.8. The van der Waals surface area contributed by atoms with Gasteiger partial charge in [-0.05, 0) is 30.9 Å². The van der Waals surface area contributed by atoms with E-state index in [4.69, 9.17) is 4.74 Å². The number of hydrogen-bond donors (Lipinski definition) is 1. The molecule has 4 rings (SSSR count). The molecule has 1 aliphatic rings. The third-order valence-electron chi connectivity index (χ3n) is 4.17. The molecule has 0 saturated carbocycles. The summed E-state index contributed by atoms with van der Waals surface area (Å²) < 4.78 is 5.37. The summed E-state index contributed by atoms with van der Waals surface area (Å²) in [6, 6.07) is 7.82. The molecule has 2 aromatic heterocycles. The number of rotatable bonds is 3. The number of fused-ring (bicyclic) bond motifs is 3. The maximum absolute atomic E-state index is 12.4. The number of ether oxygens (including phenoxy) is 1. The number of aromatic nitrogens is 2. The molecule has 0 unspecified atom stereocenters. The molecule has 0 aliphatic heterocycles. The maximum atomic E-state index is 12.4. The van der Waals surface area contributed by atoms with Crippen molar-refractivity contribution < 1.29 is 4.74 Å². The Labute approximate surface area is 131 Å². The number of thiophene rings is 1. The van der Waals surface area contributed by atoms with E-state index >= 15 is 0 Å². The zero-order valence-electron chi connectivity index (χ0n) is 12.3. The summed E-state index contributed by atoms with van der Waals surface area (Å²) in [7, 11) is 1.65. The molecule has 1 aliphatic carbocycles.